The van der Waals surface area contributed by atoms with Gasteiger partial charge in [0.15, 0.2) is 0 Å². The van der Waals surface area contributed by atoms with Gasteiger partial charge in [0.25, 0.3) is 5.91 Å². The topological polar surface area (TPSA) is 81.6 Å². The van der Waals surface area contributed by atoms with E-state index < -0.39 is 0 Å². The van der Waals surface area contributed by atoms with E-state index in [1.807, 2.05) is 39.8 Å². The van der Waals surface area contributed by atoms with E-state index in [2.05, 4.69) is 33.8 Å². The fourth-order valence-electron chi connectivity index (χ4n) is 3.82. The third-order valence-electron chi connectivity index (χ3n) is 5.84. The maximum Gasteiger partial charge on any atom is 0.255 e. The van der Waals surface area contributed by atoms with E-state index >= 15 is 0 Å². The van der Waals surface area contributed by atoms with Crippen molar-refractivity contribution >= 4 is 11.6 Å². The van der Waals surface area contributed by atoms with Crippen molar-refractivity contribution in [3.8, 4) is 17.3 Å². The van der Waals surface area contributed by atoms with Crippen molar-refractivity contribution in [1.29, 1.82) is 5.26 Å². The molecule has 0 radical (unpaired) electrons. The summed E-state index contributed by atoms with van der Waals surface area (Å²) in [6.45, 7) is 10.2. The van der Waals surface area contributed by atoms with Crippen LogP contribution < -0.4 is 0 Å². The molecule has 0 aliphatic rings. The molecule has 0 spiro atoms. The van der Waals surface area contributed by atoms with Crippen molar-refractivity contribution in [3.05, 3.63) is 59.4 Å². The van der Waals surface area contributed by atoms with Gasteiger partial charge >= 0.3 is 0 Å². The molecule has 3 aromatic rings. The van der Waals surface area contributed by atoms with Gasteiger partial charge in [0.1, 0.15) is 5.65 Å². The standard InChI is InChI=1S/C27H34N4O2/c1-19(2)11-14-30(15-12-20(3)4)27(33)23-9-10-25-29-26(24(13-16-32)31(25)18-23)22-7-5-21(17-28)6-8-22/h5-10,18-20,32H,11-16H2,1-4H3. The molecule has 0 unspecified atom stereocenters. The fourth-order valence-corrected chi connectivity index (χ4v) is 3.82. The van der Waals surface area contributed by atoms with Gasteiger partial charge < -0.3 is 14.4 Å². The molecule has 0 saturated heterocycles. The quantitative estimate of drug-likeness (QED) is 0.478. The number of hydrogen-bond donors (Lipinski definition) is 1. The number of aliphatic hydroxyl groups is 1. The van der Waals surface area contributed by atoms with Crippen LogP contribution in [0.25, 0.3) is 16.9 Å². The maximum atomic E-state index is 13.4. The van der Waals surface area contributed by atoms with Crippen LogP contribution in [0.15, 0.2) is 42.6 Å². The molecular formula is C27H34N4O2. The fraction of sp³-hybridized carbons (Fsp3) is 0.444. The highest BCUT2D eigenvalue weighted by Crippen LogP contribution is 2.26. The summed E-state index contributed by atoms with van der Waals surface area (Å²) in [7, 11) is 0. The van der Waals surface area contributed by atoms with Crippen LogP contribution in [0.4, 0.5) is 0 Å². The lowest BCUT2D eigenvalue weighted by atomic mass is 10.1. The number of carbonyl (C=O) groups excluding carboxylic acids is 1. The lowest BCUT2D eigenvalue weighted by Crippen LogP contribution is -2.34. The van der Waals surface area contributed by atoms with Crippen molar-refractivity contribution in [1.82, 2.24) is 14.3 Å². The van der Waals surface area contributed by atoms with E-state index in [-0.39, 0.29) is 12.5 Å². The van der Waals surface area contributed by atoms with E-state index in [1.54, 1.807) is 12.1 Å². The highest BCUT2D eigenvalue weighted by atomic mass is 16.3. The Kier molecular flexibility index (Phi) is 8.24. The molecule has 2 aromatic heterocycles. The largest absolute Gasteiger partial charge is 0.396 e. The minimum atomic E-state index is -0.0237. The number of carbonyl (C=O) groups is 1. The first-order valence-corrected chi connectivity index (χ1v) is 11.8. The van der Waals surface area contributed by atoms with Crippen LogP contribution in [0.5, 0.6) is 0 Å². The highest BCUT2D eigenvalue weighted by molar-refractivity contribution is 5.94. The van der Waals surface area contributed by atoms with Crippen molar-refractivity contribution in [3.63, 3.8) is 0 Å². The van der Waals surface area contributed by atoms with Gasteiger partial charge in [-0.3, -0.25) is 4.79 Å². The number of nitriles is 1. The first kappa shape index (κ1) is 24.5. The Labute approximate surface area is 196 Å². The molecule has 0 atom stereocenters. The normalized spacial score (nSPS) is 11.3. The van der Waals surface area contributed by atoms with Gasteiger partial charge in [-0.1, -0.05) is 39.8 Å². The zero-order valence-corrected chi connectivity index (χ0v) is 20.1. The Balaban J connectivity index is 1.98. The summed E-state index contributed by atoms with van der Waals surface area (Å²) in [6.07, 6.45) is 4.20. The number of aliphatic hydroxyl groups excluding tert-OH is 1. The first-order valence-electron chi connectivity index (χ1n) is 11.8. The van der Waals surface area contributed by atoms with E-state index in [4.69, 9.17) is 10.2 Å². The van der Waals surface area contributed by atoms with Crippen LogP contribution in [0.2, 0.25) is 0 Å². The summed E-state index contributed by atoms with van der Waals surface area (Å²) in [6, 6.07) is 13.1. The van der Waals surface area contributed by atoms with Gasteiger partial charge in [-0.05, 0) is 48.9 Å². The molecule has 0 aliphatic carbocycles. The SMILES string of the molecule is CC(C)CCN(CCC(C)C)C(=O)c1ccc2nc(-c3ccc(C#N)cc3)c(CCO)n2c1. The van der Waals surface area contributed by atoms with E-state index in [9.17, 15) is 9.90 Å². The smallest absolute Gasteiger partial charge is 0.255 e. The monoisotopic (exact) mass is 446 g/mol. The summed E-state index contributed by atoms with van der Waals surface area (Å²) >= 11 is 0. The lowest BCUT2D eigenvalue weighted by Gasteiger charge is -2.24. The second kappa shape index (κ2) is 11.1. The number of hydrogen-bond acceptors (Lipinski definition) is 4. The number of fused-ring (bicyclic) bond motifs is 1. The second-order valence-corrected chi connectivity index (χ2v) is 9.37. The molecular weight excluding hydrogens is 412 g/mol. The summed E-state index contributed by atoms with van der Waals surface area (Å²) in [4.78, 5) is 20.2. The molecule has 1 amide bonds. The average Bonchev–Trinajstić information content (AvgIpc) is 3.16. The van der Waals surface area contributed by atoms with Gasteiger partial charge in [0, 0.05) is 37.9 Å². The number of rotatable bonds is 10. The summed E-state index contributed by atoms with van der Waals surface area (Å²) in [5.74, 6) is 1.09. The Hall–Kier alpha value is -3.17. The van der Waals surface area contributed by atoms with Gasteiger partial charge in [0.05, 0.1) is 28.6 Å². The minimum absolute atomic E-state index is 0.0237. The van der Waals surface area contributed by atoms with Crippen LogP contribution in [-0.2, 0) is 6.42 Å². The molecule has 3 rings (SSSR count). The molecule has 2 heterocycles. The lowest BCUT2D eigenvalue weighted by molar-refractivity contribution is 0.0740. The van der Waals surface area contributed by atoms with E-state index in [1.165, 1.54) is 0 Å². The van der Waals surface area contributed by atoms with Crippen LogP contribution in [0, 0.1) is 23.2 Å². The zero-order chi connectivity index (χ0) is 24.0. The maximum absolute atomic E-state index is 13.4. The number of nitrogens with zero attached hydrogens (tertiary/aromatic N) is 4. The van der Waals surface area contributed by atoms with Gasteiger partial charge in [-0.15, -0.1) is 0 Å². The molecule has 0 fully saturated rings. The number of benzene rings is 1. The van der Waals surface area contributed by atoms with Crippen LogP contribution >= 0.6 is 0 Å². The predicted octanol–water partition coefficient (Wildman–Crippen LogP) is 4.94. The molecule has 6 nitrogen and oxygen atoms in total. The second-order valence-electron chi connectivity index (χ2n) is 9.37. The third-order valence-corrected chi connectivity index (χ3v) is 5.84. The van der Waals surface area contributed by atoms with Crippen molar-refractivity contribution in [2.45, 2.75) is 47.0 Å². The third kappa shape index (κ3) is 6.00. The summed E-state index contributed by atoms with van der Waals surface area (Å²) in [5, 5.41) is 18.8. The summed E-state index contributed by atoms with van der Waals surface area (Å²) in [5.41, 5.74) is 4.42. The number of aromatic nitrogens is 2. The summed E-state index contributed by atoms with van der Waals surface area (Å²) < 4.78 is 1.92. The Morgan fingerprint density at radius 1 is 1.06 bits per heavy atom. The van der Waals surface area contributed by atoms with Crippen molar-refractivity contribution in [2.24, 2.45) is 11.8 Å². The Bertz CT molecular complexity index is 1110. The molecule has 0 saturated carbocycles. The molecule has 33 heavy (non-hydrogen) atoms. The molecule has 174 valence electrons. The predicted molar refractivity (Wildman–Crippen MR) is 131 cm³/mol. The number of pyridine rings is 1. The molecule has 0 bridgehead atoms. The first-order chi connectivity index (χ1) is 15.8. The number of amides is 1. The average molecular weight is 447 g/mol. The highest BCUT2D eigenvalue weighted by Gasteiger charge is 2.20. The zero-order valence-electron chi connectivity index (χ0n) is 20.1. The van der Waals surface area contributed by atoms with Crippen molar-refractivity contribution < 1.29 is 9.90 Å². The van der Waals surface area contributed by atoms with Crippen molar-refractivity contribution in [2.75, 3.05) is 19.7 Å². The molecule has 6 heteroatoms. The van der Waals surface area contributed by atoms with Crippen LogP contribution in [0.1, 0.15) is 62.2 Å². The molecule has 1 N–H and O–H groups in total. The Morgan fingerprint density at radius 2 is 1.70 bits per heavy atom. The van der Waals surface area contributed by atoms with Crippen LogP contribution in [0.3, 0.4) is 0 Å². The Morgan fingerprint density at radius 3 is 2.24 bits per heavy atom. The van der Waals surface area contributed by atoms with E-state index in [0.717, 1.165) is 48.5 Å². The van der Waals surface area contributed by atoms with Gasteiger partial charge in [-0.25, -0.2) is 4.98 Å². The van der Waals surface area contributed by atoms with Gasteiger partial charge in [-0.2, -0.15) is 5.26 Å². The van der Waals surface area contributed by atoms with Gasteiger partial charge in [0.2, 0.25) is 0 Å². The van der Waals surface area contributed by atoms with E-state index in [0.29, 0.717) is 29.4 Å². The number of imidazole rings is 1. The molecule has 1 aromatic carbocycles. The molecule has 0 aliphatic heterocycles. The minimum Gasteiger partial charge on any atom is -0.396 e. The van der Waals surface area contributed by atoms with Crippen LogP contribution in [-0.4, -0.2) is 45.0 Å².